The minimum atomic E-state index is 0.264. The standard InChI is InChI=1S/C12H22N2S/c1-12(2,6-3-7-13)10-14-11-4-8-15-9-5-11/h11,14H,3-6,8-10H2,1-2H3. The molecule has 1 heterocycles. The summed E-state index contributed by atoms with van der Waals surface area (Å²) >= 11 is 2.06. The van der Waals surface area contributed by atoms with Gasteiger partial charge in [-0.25, -0.2) is 0 Å². The minimum absolute atomic E-state index is 0.264. The maximum absolute atomic E-state index is 8.57. The first-order chi connectivity index (χ1) is 7.14. The van der Waals surface area contributed by atoms with Crippen molar-refractivity contribution in [3.05, 3.63) is 0 Å². The van der Waals surface area contributed by atoms with E-state index < -0.39 is 0 Å². The van der Waals surface area contributed by atoms with Crippen LogP contribution in [0.3, 0.4) is 0 Å². The van der Waals surface area contributed by atoms with Gasteiger partial charge in [0.2, 0.25) is 0 Å². The van der Waals surface area contributed by atoms with Crippen LogP contribution in [0.4, 0.5) is 0 Å². The Morgan fingerprint density at radius 3 is 2.67 bits per heavy atom. The Hall–Kier alpha value is -0.200. The van der Waals surface area contributed by atoms with Crippen molar-refractivity contribution in [2.24, 2.45) is 5.41 Å². The summed E-state index contributed by atoms with van der Waals surface area (Å²) < 4.78 is 0. The number of nitrogens with one attached hydrogen (secondary N) is 1. The van der Waals surface area contributed by atoms with Crippen LogP contribution in [-0.2, 0) is 0 Å². The summed E-state index contributed by atoms with van der Waals surface area (Å²) in [5.74, 6) is 2.60. The monoisotopic (exact) mass is 226 g/mol. The Bertz CT molecular complexity index is 214. The van der Waals surface area contributed by atoms with Gasteiger partial charge >= 0.3 is 0 Å². The molecule has 1 N–H and O–H groups in total. The van der Waals surface area contributed by atoms with E-state index in [4.69, 9.17) is 5.26 Å². The van der Waals surface area contributed by atoms with Gasteiger partial charge in [0.1, 0.15) is 0 Å². The van der Waals surface area contributed by atoms with Crippen LogP contribution in [0.1, 0.15) is 39.5 Å². The Balaban J connectivity index is 2.19. The fourth-order valence-corrected chi connectivity index (χ4v) is 2.91. The maximum Gasteiger partial charge on any atom is 0.0621 e. The topological polar surface area (TPSA) is 35.8 Å². The Morgan fingerprint density at radius 1 is 1.40 bits per heavy atom. The Morgan fingerprint density at radius 2 is 2.07 bits per heavy atom. The molecule has 86 valence electrons. The molecule has 1 saturated heterocycles. The smallest absolute Gasteiger partial charge is 0.0621 e. The highest BCUT2D eigenvalue weighted by Crippen LogP contribution is 2.23. The summed E-state index contributed by atoms with van der Waals surface area (Å²) in [6, 6.07) is 2.95. The molecule has 0 amide bonds. The molecule has 0 atom stereocenters. The summed E-state index contributed by atoms with van der Waals surface area (Å²) in [7, 11) is 0. The van der Waals surface area contributed by atoms with Crippen molar-refractivity contribution in [2.45, 2.75) is 45.6 Å². The highest BCUT2D eigenvalue weighted by molar-refractivity contribution is 7.99. The van der Waals surface area contributed by atoms with Gasteiger partial charge in [-0.1, -0.05) is 13.8 Å². The largest absolute Gasteiger partial charge is 0.313 e. The molecule has 0 spiro atoms. The number of nitriles is 1. The van der Waals surface area contributed by atoms with E-state index in [1.54, 1.807) is 0 Å². The second-order valence-electron chi connectivity index (χ2n) is 5.09. The first-order valence-electron chi connectivity index (χ1n) is 5.82. The van der Waals surface area contributed by atoms with E-state index in [1.165, 1.54) is 24.3 Å². The van der Waals surface area contributed by atoms with Gasteiger partial charge in [-0.15, -0.1) is 0 Å². The molecule has 2 nitrogen and oxygen atoms in total. The van der Waals surface area contributed by atoms with Crippen LogP contribution >= 0.6 is 11.8 Å². The molecule has 15 heavy (non-hydrogen) atoms. The second-order valence-corrected chi connectivity index (χ2v) is 6.31. The predicted molar refractivity (Wildman–Crippen MR) is 67.0 cm³/mol. The number of thioether (sulfide) groups is 1. The van der Waals surface area contributed by atoms with Crippen LogP contribution in [-0.4, -0.2) is 24.1 Å². The zero-order chi connectivity index (χ0) is 11.1. The predicted octanol–water partition coefficient (Wildman–Crippen LogP) is 2.80. The van der Waals surface area contributed by atoms with Crippen molar-refractivity contribution in [3.8, 4) is 6.07 Å². The molecule has 1 rings (SSSR count). The lowest BCUT2D eigenvalue weighted by Crippen LogP contribution is -2.39. The van der Waals surface area contributed by atoms with E-state index in [1.807, 2.05) is 0 Å². The molecular formula is C12H22N2S. The molecule has 0 radical (unpaired) electrons. The normalized spacial score (nSPS) is 18.7. The fourth-order valence-electron chi connectivity index (χ4n) is 1.81. The van der Waals surface area contributed by atoms with Crippen LogP contribution in [0.2, 0.25) is 0 Å². The van der Waals surface area contributed by atoms with Crippen LogP contribution < -0.4 is 5.32 Å². The quantitative estimate of drug-likeness (QED) is 0.783. The van der Waals surface area contributed by atoms with Gasteiger partial charge in [0.05, 0.1) is 6.07 Å². The molecule has 0 saturated carbocycles. The second kappa shape index (κ2) is 6.40. The van der Waals surface area contributed by atoms with Gasteiger partial charge in [-0.3, -0.25) is 0 Å². The van der Waals surface area contributed by atoms with E-state index in [9.17, 15) is 0 Å². The van der Waals surface area contributed by atoms with Crippen LogP contribution in [0.25, 0.3) is 0 Å². The maximum atomic E-state index is 8.57. The lowest BCUT2D eigenvalue weighted by atomic mass is 9.87. The molecule has 0 aliphatic carbocycles. The van der Waals surface area contributed by atoms with Crippen molar-refractivity contribution < 1.29 is 0 Å². The van der Waals surface area contributed by atoms with Crippen molar-refractivity contribution in [1.29, 1.82) is 5.26 Å². The number of hydrogen-bond donors (Lipinski definition) is 1. The van der Waals surface area contributed by atoms with Gasteiger partial charge in [0.25, 0.3) is 0 Å². The van der Waals surface area contributed by atoms with Crippen molar-refractivity contribution >= 4 is 11.8 Å². The minimum Gasteiger partial charge on any atom is -0.313 e. The number of rotatable bonds is 5. The molecule has 1 aliphatic rings. The molecule has 1 aliphatic heterocycles. The molecule has 0 aromatic heterocycles. The average molecular weight is 226 g/mol. The third-order valence-corrected chi connectivity index (χ3v) is 4.05. The van der Waals surface area contributed by atoms with Gasteiger partial charge < -0.3 is 5.32 Å². The molecule has 0 aromatic rings. The van der Waals surface area contributed by atoms with Crippen molar-refractivity contribution in [3.63, 3.8) is 0 Å². The summed E-state index contributed by atoms with van der Waals surface area (Å²) in [5.41, 5.74) is 0.264. The fraction of sp³-hybridized carbons (Fsp3) is 0.917. The van der Waals surface area contributed by atoms with Gasteiger partial charge in [0, 0.05) is 19.0 Å². The molecule has 0 unspecified atom stereocenters. The van der Waals surface area contributed by atoms with Crippen molar-refractivity contribution in [1.82, 2.24) is 5.32 Å². The summed E-state index contributed by atoms with van der Waals surface area (Å²) in [6.45, 7) is 5.54. The lowest BCUT2D eigenvalue weighted by molar-refractivity contribution is 0.294. The molecule has 3 heteroatoms. The van der Waals surface area contributed by atoms with Crippen LogP contribution in [0.15, 0.2) is 0 Å². The molecular weight excluding hydrogens is 204 g/mol. The first kappa shape index (κ1) is 12.9. The van der Waals surface area contributed by atoms with Crippen molar-refractivity contribution in [2.75, 3.05) is 18.1 Å². The molecule has 0 bridgehead atoms. The zero-order valence-electron chi connectivity index (χ0n) is 9.88. The summed E-state index contributed by atoms with van der Waals surface area (Å²) in [4.78, 5) is 0. The zero-order valence-corrected chi connectivity index (χ0v) is 10.7. The van der Waals surface area contributed by atoms with Gasteiger partial charge in [-0.05, 0) is 36.2 Å². The van der Waals surface area contributed by atoms with E-state index in [-0.39, 0.29) is 5.41 Å². The SMILES string of the molecule is CC(C)(CCC#N)CNC1CCSCC1. The third kappa shape index (κ3) is 5.44. The Kier molecular flexibility index (Phi) is 5.49. The lowest BCUT2D eigenvalue weighted by Gasteiger charge is -2.29. The van der Waals surface area contributed by atoms with E-state index >= 15 is 0 Å². The number of nitrogens with zero attached hydrogens (tertiary/aromatic N) is 1. The summed E-state index contributed by atoms with van der Waals surface area (Å²) in [5, 5.41) is 12.2. The first-order valence-corrected chi connectivity index (χ1v) is 6.98. The van der Waals surface area contributed by atoms with E-state index in [0.717, 1.165) is 13.0 Å². The van der Waals surface area contributed by atoms with Gasteiger partial charge in [-0.2, -0.15) is 17.0 Å². The number of hydrogen-bond acceptors (Lipinski definition) is 3. The highest BCUT2D eigenvalue weighted by Gasteiger charge is 2.20. The third-order valence-electron chi connectivity index (χ3n) is 3.00. The molecule has 1 fully saturated rings. The van der Waals surface area contributed by atoms with E-state index in [2.05, 4.69) is 37.0 Å². The molecule has 0 aromatic carbocycles. The van der Waals surface area contributed by atoms with Crippen LogP contribution in [0, 0.1) is 16.7 Å². The van der Waals surface area contributed by atoms with Gasteiger partial charge in [0.15, 0.2) is 0 Å². The van der Waals surface area contributed by atoms with E-state index in [0.29, 0.717) is 12.5 Å². The summed E-state index contributed by atoms with van der Waals surface area (Å²) in [6.07, 6.45) is 4.28. The Labute approximate surface area is 97.8 Å². The van der Waals surface area contributed by atoms with Crippen LogP contribution in [0.5, 0.6) is 0 Å². The highest BCUT2D eigenvalue weighted by atomic mass is 32.2. The average Bonchev–Trinajstić information content (AvgIpc) is 2.25.